The van der Waals surface area contributed by atoms with Crippen LogP contribution in [0.4, 0.5) is 0 Å². The minimum absolute atomic E-state index is 0.166. The number of aromatic nitrogens is 2. The van der Waals surface area contributed by atoms with E-state index >= 15 is 0 Å². The van der Waals surface area contributed by atoms with Crippen molar-refractivity contribution in [3.05, 3.63) is 63.4 Å². The molecule has 0 saturated carbocycles. The number of hydrogen-bond acceptors (Lipinski definition) is 4. The SMILES string of the molecule is CC[C@H](C)c1ccc(-n2c(S[C@@H](C)C#N)nc3cc(Cl)ccc3c2=O)cc1. The molecule has 6 heteroatoms. The lowest BCUT2D eigenvalue weighted by Crippen LogP contribution is -2.22. The van der Waals surface area contributed by atoms with E-state index in [4.69, 9.17) is 11.6 Å². The maximum atomic E-state index is 13.2. The molecule has 0 fully saturated rings. The van der Waals surface area contributed by atoms with Crippen molar-refractivity contribution in [3.63, 3.8) is 0 Å². The Morgan fingerprint density at radius 3 is 2.56 bits per heavy atom. The van der Waals surface area contributed by atoms with Crippen LogP contribution in [0.25, 0.3) is 16.6 Å². The zero-order chi connectivity index (χ0) is 19.6. The van der Waals surface area contributed by atoms with E-state index < -0.39 is 0 Å². The fraction of sp³-hybridized carbons (Fsp3) is 0.286. The fourth-order valence-corrected chi connectivity index (χ4v) is 3.80. The van der Waals surface area contributed by atoms with Crippen molar-refractivity contribution >= 4 is 34.3 Å². The van der Waals surface area contributed by atoms with Gasteiger partial charge in [0.2, 0.25) is 0 Å². The van der Waals surface area contributed by atoms with Crippen LogP contribution >= 0.6 is 23.4 Å². The van der Waals surface area contributed by atoms with Gasteiger partial charge in [-0.2, -0.15) is 5.26 Å². The standard InChI is InChI=1S/C21H20ClN3OS/c1-4-13(2)15-5-8-17(9-6-15)25-20(26)18-10-7-16(22)11-19(18)24-21(25)27-14(3)12-23/h5-11,13-14H,4H2,1-3H3/t13-,14-/m0/s1. The van der Waals surface area contributed by atoms with Gasteiger partial charge in [0.1, 0.15) is 0 Å². The number of fused-ring (bicyclic) bond motifs is 1. The van der Waals surface area contributed by atoms with Crippen LogP contribution in [0, 0.1) is 11.3 Å². The summed E-state index contributed by atoms with van der Waals surface area (Å²) in [6, 6.07) is 15.2. The quantitative estimate of drug-likeness (QED) is 0.418. The predicted octanol–water partition coefficient (Wildman–Crippen LogP) is 5.56. The number of halogens is 1. The third kappa shape index (κ3) is 4.02. The Morgan fingerprint density at radius 1 is 1.22 bits per heavy atom. The van der Waals surface area contributed by atoms with Gasteiger partial charge in [-0.05, 0) is 55.2 Å². The van der Waals surface area contributed by atoms with E-state index in [1.807, 2.05) is 24.3 Å². The van der Waals surface area contributed by atoms with E-state index in [0.29, 0.717) is 27.0 Å². The molecule has 0 spiro atoms. The Balaban J connectivity index is 2.21. The minimum atomic E-state index is -0.334. The highest BCUT2D eigenvalue weighted by molar-refractivity contribution is 8.00. The summed E-state index contributed by atoms with van der Waals surface area (Å²) >= 11 is 7.33. The highest BCUT2D eigenvalue weighted by atomic mass is 35.5. The van der Waals surface area contributed by atoms with Gasteiger partial charge < -0.3 is 0 Å². The number of hydrogen-bond donors (Lipinski definition) is 0. The van der Waals surface area contributed by atoms with E-state index in [1.165, 1.54) is 17.3 Å². The lowest BCUT2D eigenvalue weighted by molar-refractivity contribution is 0.732. The van der Waals surface area contributed by atoms with Gasteiger partial charge in [-0.3, -0.25) is 9.36 Å². The van der Waals surface area contributed by atoms with Gasteiger partial charge in [0, 0.05) is 5.02 Å². The van der Waals surface area contributed by atoms with E-state index in [1.54, 1.807) is 29.7 Å². The van der Waals surface area contributed by atoms with Gasteiger partial charge in [0.25, 0.3) is 5.56 Å². The number of benzene rings is 2. The Bertz CT molecular complexity index is 1070. The maximum Gasteiger partial charge on any atom is 0.266 e. The molecule has 0 aliphatic carbocycles. The average Bonchev–Trinajstić information content (AvgIpc) is 2.67. The minimum Gasteiger partial charge on any atom is -0.268 e. The first-order valence-corrected chi connectivity index (χ1v) is 10.1. The van der Waals surface area contributed by atoms with E-state index in [0.717, 1.165) is 12.1 Å². The smallest absolute Gasteiger partial charge is 0.266 e. The molecule has 2 aromatic carbocycles. The summed E-state index contributed by atoms with van der Waals surface area (Å²) in [4.78, 5) is 17.8. The van der Waals surface area contributed by atoms with Crippen molar-refractivity contribution in [1.29, 1.82) is 5.26 Å². The zero-order valence-electron chi connectivity index (χ0n) is 15.4. The molecule has 4 nitrogen and oxygen atoms in total. The van der Waals surface area contributed by atoms with E-state index in [9.17, 15) is 10.1 Å². The van der Waals surface area contributed by atoms with E-state index in [-0.39, 0.29) is 10.8 Å². The maximum absolute atomic E-state index is 13.2. The summed E-state index contributed by atoms with van der Waals surface area (Å²) in [5, 5.41) is 10.4. The van der Waals surface area contributed by atoms with Crippen LogP contribution in [0.5, 0.6) is 0 Å². The molecule has 1 heterocycles. The van der Waals surface area contributed by atoms with Gasteiger partial charge in [-0.15, -0.1) is 0 Å². The molecule has 0 N–H and O–H groups in total. The van der Waals surface area contributed by atoms with Crippen molar-refractivity contribution in [3.8, 4) is 11.8 Å². The van der Waals surface area contributed by atoms with Gasteiger partial charge in [-0.1, -0.05) is 49.3 Å². The van der Waals surface area contributed by atoms with Crippen molar-refractivity contribution in [2.75, 3.05) is 0 Å². The van der Waals surface area contributed by atoms with Gasteiger partial charge in [0.05, 0.1) is 27.9 Å². The molecule has 0 bridgehead atoms. The highest BCUT2D eigenvalue weighted by Gasteiger charge is 2.16. The fourth-order valence-electron chi connectivity index (χ4n) is 2.82. The molecule has 0 unspecified atom stereocenters. The third-order valence-corrected chi connectivity index (χ3v) is 5.78. The first-order valence-electron chi connectivity index (χ1n) is 8.83. The molecule has 0 saturated heterocycles. The second kappa shape index (κ2) is 8.16. The van der Waals surface area contributed by atoms with Crippen LogP contribution in [0.15, 0.2) is 52.4 Å². The summed E-state index contributed by atoms with van der Waals surface area (Å²) in [5.74, 6) is 0.458. The molecule has 138 valence electrons. The largest absolute Gasteiger partial charge is 0.268 e. The van der Waals surface area contributed by atoms with Gasteiger partial charge in [-0.25, -0.2) is 4.98 Å². The Morgan fingerprint density at radius 2 is 1.93 bits per heavy atom. The number of nitrogens with zero attached hydrogens (tertiary/aromatic N) is 3. The first kappa shape index (κ1) is 19.5. The Labute approximate surface area is 167 Å². The average molecular weight is 398 g/mol. The number of thioether (sulfide) groups is 1. The van der Waals surface area contributed by atoms with Crippen LogP contribution < -0.4 is 5.56 Å². The summed E-state index contributed by atoms with van der Waals surface area (Å²) in [5.41, 5.74) is 2.34. The van der Waals surface area contributed by atoms with E-state index in [2.05, 4.69) is 24.9 Å². The molecular weight excluding hydrogens is 378 g/mol. The molecule has 3 aromatic rings. The van der Waals surface area contributed by atoms with Crippen LogP contribution in [0.2, 0.25) is 5.02 Å². The second-order valence-electron chi connectivity index (χ2n) is 6.49. The molecule has 0 amide bonds. The molecular formula is C21H20ClN3OS. The van der Waals surface area contributed by atoms with Crippen LogP contribution in [0.1, 0.15) is 38.7 Å². The molecule has 2 atom stereocenters. The highest BCUT2D eigenvalue weighted by Crippen LogP contribution is 2.27. The molecule has 27 heavy (non-hydrogen) atoms. The zero-order valence-corrected chi connectivity index (χ0v) is 17.0. The summed E-state index contributed by atoms with van der Waals surface area (Å²) < 4.78 is 1.58. The molecule has 0 radical (unpaired) electrons. The van der Waals surface area contributed by atoms with Gasteiger partial charge in [0.15, 0.2) is 5.16 Å². The lowest BCUT2D eigenvalue weighted by atomic mass is 9.98. The first-order chi connectivity index (χ1) is 12.9. The number of rotatable bonds is 5. The lowest BCUT2D eigenvalue weighted by Gasteiger charge is -2.15. The molecule has 0 aliphatic rings. The summed E-state index contributed by atoms with van der Waals surface area (Å²) in [6.45, 7) is 6.12. The molecule has 1 aromatic heterocycles. The van der Waals surface area contributed by atoms with Crippen molar-refractivity contribution in [2.45, 2.75) is 43.5 Å². The molecule has 3 rings (SSSR count). The van der Waals surface area contributed by atoms with Gasteiger partial charge >= 0.3 is 0 Å². The van der Waals surface area contributed by atoms with Crippen LogP contribution in [-0.2, 0) is 0 Å². The normalized spacial score (nSPS) is 13.3. The summed E-state index contributed by atoms with van der Waals surface area (Å²) in [6.07, 6.45) is 1.05. The second-order valence-corrected chi connectivity index (χ2v) is 8.23. The molecule has 0 aliphatic heterocycles. The predicted molar refractivity (Wildman–Crippen MR) is 112 cm³/mol. The van der Waals surface area contributed by atoms with Crippen molar-refractivity contribution in [1.82, 2.24) is 9.55 Å². The van der Waals surface area contributed by atoms with Crippen molar-refractivity contribution < 1.29 is 0 Å². The summed E-state index contributed by atoms with van der Waals surface area (Å²) in [7, 11) is 0. The monoisotopic (exact) mass is 397 g/mol. The Kier molecular flexibility index (Phi) is 5.88. The van der Waals surface area contributed by atoms with Crippen molar-refractivity contribution in [2.24, 2.45) is 0 Å². The Hall–Kier alpha value is -2.29. The number of nitriles is 1. The topological polar surface area (TPSA) is 58.7 Å². The van der Waals surface area contributed by atoms with Crippen LogP contribution in [0.3, 0.4) is 0 Å². The third-order valence-electron chi connectivity index (χ3n) is 4.60. The van der Waals surface area contributed by atoms with Crippen LogP contribution in [-0.4, -0.2) is 14.8 Å².